The van der Waals surface area contributed by atoms with Crippen molar-refractivity contribution < 1.29 is 46.1 Å². The van der Waals surface area contributed by atoms with Crippen molar-refractivity contribution >= 4 is 12.6 Å². The van der Waals surface area contributed by atoms with Gasteiger partial charge in [0.25, 0.3) is 0 Å². The van der Waals surface area contributed by atoms with Gasteiger partial charge in [0.05, 0.1) is 0 Å². The molecule has 1 atom stereocenters. The molecular formula is C34H30Cl2Zr. The molecule has 0 heterocycles. The molecule has 6 rings (SSSR count). The maximum absolute atomic E-state index is 2.69. The van der Waals surface area contributed by atoms with Gasteiger partial charge in [-0.15, -0.1) is 0 Å². The van der Waals surface area contributed by atoms with Gasteiger partial charge < -0.3 is 24.8 Å². The molecule has 0 spiro atoms. The number of aryl methyl sites for hydroxylation is 1. The summed E-state index contributed by atoms with van der Waals surface area (Å²) in [5, 5.41) is 0. The zero-order chi connectivity index (χ0) is 23.9. The summed E-state index contributed by atoms with van der Waals surface area (Å²) in [5.41, 5.74) is 12.9. The van der Waals surface area contributed by atoms with E-state index in [1.165, 1.54) is 44.5 Å². The van der Waals surface area contributed by atoms with Crippen molar-refractivity contribution in [1.29, 1.82) is 0 Å². The van der Waals surface area contributed by atoms with Gasteiger partial charge >= 0.3 is 218 Å². The Kier molecular flexibility index (Phi) is 8.70. The third-order valence-corrected chi connectivity index (χ3v) is 15.2. The summed E-state index contributed by atoms with van der Waals surface area (Å²) < 4.78 is 6.05. The van der Waals surface area contributed by atoms with E-state index in [0.717, 1.165) is 6.42 Å². The van der Waals surface area contributed by atoms with Gasteiger partial charge in [-0.1, -0.05) is 0 Å². The summed E-state index contributed by atoms with van der Waals surface area (Å²) in [5.74, 6) is 0.473. The number of allylic oxidation sites excluding steroid dienone is 4. The fourth-order valence-corrected chi connectivity index (χ4v) is 13.4. The molecular weight excluding hydrogens is 571 g/mol. The van der Waals surface area contributed by atoms with Crippen molar-refractivity contribution in [1.82, 2.24) is 0 Å². The molecule has 4 aromatic rings. The predicted octanol–water partition coefficient (Wildman–Crippen LogP) is 1.68. The monoisotopic (exact) mass is 598 g/mol. The van der Waals surface area contributed by atoms with Crippen LogP contribution in [0.25, 0.3) is 16.7 Å². The van der Waals surface area contributed by atoms with Crippen molar-refractivity contribution in [3.05, 3.63) is 140 Å². The molecule has 1 unspecified atom stereocenters. The van der Waals surface area contributed by atoms with Gasteiger partial charge in [0.2, 0.25) is 0 Å². The third kappa shape index (κ3) is 5.20. The first-order valence-corrected chi connectivity index (χ1v) is 16.5. The van der Waals surface area contributed by atoms with E-state index in [9.17, 15) is 0 Å². The van der Waals surface area contributed by atoms with E-state index in [2.05, 4.69) is 128 Å². The standard InChI is InChI=1S/C13H9.C13H13.C8H8.2ClH.Zr/c1-3-7-12-10(5-1)9-11-6-2-4-8-13(11)12;1-10-8-11(2)13(9-10)12-6-4-3-5-7-12;1-7-3-5-8(2)6-4-7;;;/h1-5,7-8H,9H2;3-7,9-10H,1-2H3;1,3-6H,2H3;2*1H;/q;;;;;+2/p-2. The minimum Gasteiger partial charge on any atom is -1.00 e. The summed E-state index contributed by atoms with van der Waals surface area (Å²) in [6.45, 7) is 6.96. The van der Waals surface area contributed by atoms with Gasteiger partial charge in [0.15, 0.2) is 0 Å². The van der Waals surface area contributed by atoms with Gasteiger partial charge in [-0.05, 0) is 0 Å². The van der Waals surface area contributed by atoms with Crippen LogP contribution in [-0.4, -0.2) is 3.71 Å². The fraction of sp³-hybridized carbons (Fsp3) is 0.147. The van der Waals surface area contributed by atoms with Crippen molar-refractivity contribution in [3.63, 3.8) is 0 Å². The topological polar surface area (TPSA) is 0 Å². The van der Waals surface area contributed by atoms with E-state index in [-0.39, 0.29) is 24.8 Å². The molecule has 37 heavy (non-hydrogen) atoms. The quantitative estimate of drug-likeness (QED) is 0.295. The fourth-order valence-electron chi connectivity index (χ4n) is 5.86. The van der Waals surface area contributed by atoms with Gasteiger partial charge in [-0.25, -0.2) is 0 Å². The van der Waals surface area contributed by atoms with E-state index < -0.39 is 21.3 Å². The molecule has 0 N–H and O–H groups in total. The minimum absolute atomic E-state index is 0. The van der Waals surface area contributed by atoms with Crippen LogP contribution in [0, 0.1) is 12.8 Å². The Bertz CT molecular complexity index is 1530. The van der Waals surface area contributed by atoms with Crippen molar-refractivity contribution in [3.8, 4) is 11.1 Å². The molecule has 0 aromatic heterocycles. The molecule has 4 aromatic carbocycles. The van der Waals surface area contributed by atoms with Gasteiger partial charge in [0, 0.05) is 0 Å². The van der Waals surface area contributed by atoms with E-state index in [1.54, 1.807) is 12.1 Å². The average Bonchev–Trinajstić information content (AvgIpc) is 3.41. The van der Waals surface area contributed by atoms with Crippen LogP contribution in [0.2, 0.25) is 0 Å². The smallest absolute Gasteiger partial charge is 1.00 e. The van der Waals surface area contributed by atoms with E-state index in [4.69, 9.17) is 0 Å². The Morgan fingerprint density at radius 1 is 0.730 bits per heavy atom. The molecule has 0 fully saturated rings. The third-order valence-electron chi connectivity index (χ3n) is 7.58. The molecule has 0 amide bonds. The number of halogens is 2. The van der Waals surface area contributed by atoms with Crippen LogP contribution >= 0.6 is 0 Å². The Hall–Kier alpha value is -2.31. The Morgan fingerprint density at radius 2 is 1.41 bits per heavy atom. The summed E-state index contributed by atoms with van der Waals surface area (Å²) in [4.78, 5) is 0. The first kappa shape index (κ1) is 27.7. The van der Waals surface area contributed by atoms with E-state index >= 15 is 0 Å². The molecule has 2 aliphatic carbocycles. The van der Waals surface area contributed by atoms with Crippen LogP contribution in [0.5, 0.6) is 0 Å². The molecule has 0 saturated carbocycles. The Morgan fingerprint density at radius 3 is 2.16 bits per heavy atom. The van der Waals surface area contributed by atoms with Crippen molar-refractivity contribution in [2.45, 2.75) is 27.2 Å². The molecule has 0 bridgehead atoms. The van der Waals surface area contributed by atoms with Crippen LogP contribution in [0.15, 0.2) is 112 Å². The molecule has 0 nitrogen and oxygen atoms in total. The molecule has 0 radical (unpaired) electrons. The number of hydrogen-bond acceptors (Lipinski definition) is 0. The van der Waals surface area contributed by atoms with Gasteiger partial charge in [-0.2, -0.15) is 0 Å². The molecule has 0 aliphatic heterocycles. The average molecular weight is 601 g/mol. The maximum atomic E-state index is 2.69. The molecule has 184 valence electrons. The first-order chi connectivity index (χ1) is 17.1. The van der Waals surface area contributed by atoms with Crippen LogP contribution in [-0.2, 0) is 27.7 Å². The second kappa shape index (κ2) is 11.6. The van der Waals surface area contributed by atoms with Crippen LogP contribution < -0.4 is 28.1 Å². The SMILES string of the molecule is CC1=[C](/[Zr+2](=[CH]/c2ccc(C)cc2)[c]2cccc3c2Cc2ccccc2-3)C(C)C=C1c1ccccc1.[Cl-].[Cl-]. The van der Waals surface area contributed by atoms with Crippen molar-refractivity contribution in [2.24, 2.45) is 5.92 Å². The number of benzene rings is 4. The predicted molar refractivity (Wildman–Crippen MR) is 147 cm³/mol. The zero-order valence-corrected chi connectivity index (χ0v) is 25.4. The minimum atomic E-state index is -2.42. The number of hydrogen-bond donors (Lipinski definition) is 0. The van der Waals surface area contributed by atoms with Gasteiger partial charge in [-0.3, -0.25) is 0 Å². The largest absolute Gasteiger partial charge is 1.00 e. The zero-order valence-electron chi connectivity index (χ0n) is 21.4. The normalized spacial score (nSPS) is 15.4. The molecule has 2 aliphatic rings. The second-order valence-corrected chi connectivity index (χ2v) is 15.3. The van der Waals surface area contributed by atoms with Crippen LogP contribution in [0.3, 0.4) is 0 Å². The molecule has 0 saturated heterocycles. The van der Waals surface area contributed by atoms with Crippen LogP contribution in [0.4, 0.5) is 0 Å². The Labute approximate surface area is 241 Å². The Balaban J connectivity index is 0.00000160. The molecule has 3 heteroatoms. The van der Waals surface area contributed by atoms with Crippen LogP contribution in [0.1, 0.15) is 41.7 Å². The summed E-state index contributed by atoms with van der Waals surface area (Å²) in [6, 6.07) is 36.2. The first-order valence-electron chi connectivity index (χ1n) is 12.6. The summed E-state index contributed by atoms with van der Waals surface area (Å²) in [6.07, 6.45) is 3.58. The summed E-state index contributed by atoms with van der Waals surface area (Å²) >= 11 is -2.42. The van der Waals surface area contributed by atoms with E-state index in [0.29, 0.717) is 5.92 Å². The second-order valence-electron chi connectivity index (χ2n) is 9.91. The van der Waals surface area contributed by atoms with Gasteiger partial charge in [0.1, 0.15) is 0 Å². The number of rotatable bonds is 4. The van der Waals surface area contributed by atoms with E-state index in [1.807, 2.05) is 0 Å². The summed E-state index contributed by atoms with van der Waals surface area (Å²) in [7, 11) is 0. The number of fused-ring (bicyclic) bond motifs is 3. The van der Waals surface area contributed by atoms with Crippen molar-refractivity contribution in [2.75, 3.05) is 0 Å². The maximum Gasteiger partial charge on any atom is -1.00 e.